The highest BCUT2D eigenvalue weighted by atomic mass is 35.5. The molecule has 1 aromatic rings. The fourth-order valence-electron chi connectivity index (χ4n) is 1.48. The standard InChI is InChI=1S/C13H18ClN3O2.ClH/c1-9(7-15-2)13(19)16-8-12(18)17-11-5-3-10(14)4-6-11;/h3-6,9,15H,7-8H2,1-2H3,(H,16,19)(H,17,18);1H. The second kappa shape index (κ2) is 9.58. The van der Waals surface area contributed by atoms with E-state index >= 15 is 0 Å². The first-order valence-corrected chi connectivity index (χ1v) is 6.38. The number of amides is 2. The second-order valence-electron chi connectivity index (χ2n) is 4.23. The molecule has 0 aliphatic heterocycles. The van der Waals surface area contributed by atoms with Gasteiger partial charge in [-0.15, -0.1) is 12.4 Å². The Kier molecular flexibility index (Phi) is 8.96. The van der Waals surface area contributed by atoms with Crippen molar-refractivity contribution in [2.24, 2.45) is 5.92 Å². The van der Waals surface area contributed by atoms with E-state index in [0.717, 1.165) is 0 Å². The second-order valence-corrected chi connectivity index (χ2v) is 4.67. The number of hydrogen-bond donors (Lipinski definition) is 3. The fourth-order valence-corrected chi connectivity index (χ4v) is 1.60. The number of anilines is 1. The molecule has 0 radical (unpaired) electrons. The lowest BCUT2D eigenvalue weighted by Crippen LogP contribution is -2.38. The topological polar surface area (TPSA) is 70.2 Å². The van der Waals surface area contributed by atoms with Crippen LogP contribution < -0.4 is 16.0 Å². The van der Waals surface area contributed by atoms with E-state index in [1.54, 1.807) is 38.2 Å². The van der Waals surface area contributed by atoms with Gasteiger partial charge >= 0.3 is 0 Å². The molecule has 0 saturated carbocycles. The van der Waals surface area contributed by atoms with Gasteiger partial charge in [0.05, 0.1) is 6.54 Å². The Balaban J connectivity index is 0.00000361. The molecule has 7 heteroatoms. The van der Waals surface area contributed by atoms with Crippen molar-refractivity contribution in [3.05, 3.63) is 29.3 Å². The Morgan fingerprint density at radius 1 is 1.25 bits per heavy atom. The molecular weight excluding hydrogens is 301 g/mol. The molecule has 0 aliphatic carbocycles. The summed E-state index contributed by atoms with van der Waals surface area (Å²) in [5, 5.41) is 8.76. The molecule has 20 heavy (non-hydrogen) atoms. The summed E-state index contributed by atoms with van der Waals surface area (Å²) in [6.45, 7) is 2.32. The molecule has 112 valence electrons. The van der Waals surface area contributed by atoms with Crippen LogP contribution in [-0.4, -0.2) is 32.0 Å². The van der Waals surface area contributed by atoms with Gasteiger partial charge in [-0.1, -0.05) is 18.5 Å². The minimum atomic E-state index is -0.271. The van der Waals surface area contributed by atoms with Crippen molar-refractivity contribution in [3.8, 4) is 0 Å². The van der Waals surface area contributed by atoms with Gasteiger partial charge in [0.2, 0.25) is 11.8 Å². The monoisotopic (exact) mass is 319 g/mol. The molecule has 0 fully saturated rings. The number of rotatable bonds is 6. The lowest BCUT2D eigenvalue weighted by molar-refractivity contribution is -0.126. The number of carbonyl (C=O) groups excluding carboxylic acids is 2. The van der Waals surface area contributed by atoms with E-state index in [9.17, 15) is 9.59 Å². The van der Waals surface area contributed by atoms with E-state index in [2.05, 4.69) is 16.0 Å². The summed E-state index contributed by atoms with van der Waals surface area (Å²) in [7, 11) is 1.77. The highest BCUT2D eigenvalue weighted by molar-refractivity contribution is 6.30. The van der Waals surface area contributed by atoms with Gasteiger partial charge in [0.25, 0.3) is 0 Å². The lowest BCUT2D eigenvalue weighted by Gasteiger charge is -2.11. The van der Waals surface area contributed by atoms with Gasteiger partial charge in [0, 0.05) is 23.2 Å². The lowest BCUT2D eigenvalue weighted by atomic mass is 10.1. The zero-order valence-electron chi connectivity index (χ0n) is 11.4. The maximum absolute atomic E-state index is 11.6. The minimum absolute atomic E-state index is 0. The van der Waals surface area contributed by atoms with Crippen molar-refractivity contribution in [2.75, 3.05) is 25.5 Å². The Hall–Kier alpha value is -1.30. The predicted octanol–water partition coefficient (Wildman–Crippen LogP) is 1.67. The van der Waals surface area contributed by atoms with Crippen molar-refractivity contribution < 1.29 is 9.59 Å². The number of benzene rings is 1. The quantitative estimate of drug-likeness (QED) is 0.747. The number of halogens is 2. The Bertz CT molecular complexity index is 438. The number of hydrogen-bond acceptors (Lipinski definition) is 3. The molecule has 0 aliphatic rings. The average molecular weight is 320 g/mol. The van der Waals surface area contributed by atoms with Crippen LogP contribution in [-0.2, 0) is 9.59 Å². The smallest absolute Gasteiger partial charge is 0.243 e. The van der Waals surface area contributed by atoms with Gasteiger partial charge in [-0.2, -0.15) is 0 Å². The molecule has 1 rings (SSSR count). The zero-order valence-corrected chi connectivity index (χ0v) is 13.0. The molecular formula is C13H19Cl2N3O2. The van der Waals surface area contributed by atoms with E-state index in [-0.39, 0.29) is 36.7 Å². The van der Waals surface area contributed by atoms with Gasteiger partial charge in [0.1, 0.15) is 0 Å². The van der Waals surface area contributed by atoms with Crippen LogP contribution in [0.25, 0.3) is 0 Å². The Labute approximate surface area is 129 Å². The predicted molar refractivity (Wildman–Crippen MR) is 83.4 cm³/mol. The first-order valence-electron chi connectivity index (χ1n) is 6.00. The maximum atomic E-state index is 11.6. The normalized spacial score (nSPS) is 11.2. The summed E-state index contributed by atoms with van der Waals surface area (Å²) in [6.07, 6.45) is 0. The van der Waals surface area contributed by atoms with Gasteiger partial charge in [-0.25, -0.2) is 0 Å². The fraction of sp³-hybridized carbons (Fsp3) is 0.385. The largest absolute Gasteiger partial charge is 0.347 e. The highest BCUT2D eigenvalue weighted by Crippen LogP contribution is 2.12. The van der Waals surface area contributed by atoms with Crippen molar-refractivity contribution in [3.63, 3.8) is 0 Å². The molecule has 3 N–H and O–H groups in total. The summed E-state index contributed by atoms with van der Waals surface area (Å²) in [5.41, 5.74) is 0.645. The van der Waals surface area contributed by atoms with Crippen LogP contribution in [0.2, 0.25) is 5.02 Å². The summed E-state index contributed by atoms with van der Waals surface area (Å²) >= 11 is 5.74. The van der Waals surface area contributed by atoms with Gasteiger partial charge in [-0.3, -0.25) is 9.59 Å². The number of nitrogens with one attached hydrogen (secondary N) is 3. The molecule has 1 aromatic carbocycles. The summed E-state index contributed by atoms with van der Waals surface area (Å²) in [5.74, 6) is -0.596. The van der Waals surface area contributed by atoms with Gasteiger partial charge in [0.15, 0.2) is 0 Å². The van der Waals surface area contributed by atoms with E-state index in [1.807, 2.05) is 0 Å². The molecule has 0 aromatic heterocycles. The molecule has 0 spiro atoms. The van der Waals surface area contributed by atoms with Crippen molar-refractivity contribution >= 4 is 41.5 Å². The van der Waals surface area contributed by atoms with Crippen LogP contribution in [0.4, 0.5) is 5.69 Å². The molecule has 5 nitrogen and oxygen atoms in total. The first kappa shape index (κ1) is 18.7. The van der Waals surface area contributed by atoms with Crippen molar-refractivity contribution in [1.29, 1.82) is 0 Å². The first-order chi connectivity index (χ1) is 9.02. The van der Waals surface area contributed by atoms with Crippen LogP contribution in [0.5, 0.6) is 0 Å². The summed E-state index contributed by atoms with van der Waals surface area (Å²) in [6, 6.07) is 6.77. The van der Waals surface area contributed by atoms with Gasteiger partial charge < -0.3 is 16.0 Å². The summed E-state index contributed by atoms with van der Waals surface area (Å²) in [4.78, 5) is 23.2. The molecule has 2 amide bonds. The number of carbonyl (C=O) groups is 2. The third kappa shape index (κ3) is 6.75. The highest BCUT2D eigenvalue weighted by Gasteiger charge is 2.12. The van der Waals surface area contributed by atoms with Gasteiger partial charge in [-0.05, 0) is 31.3 Å². The van der Waals surface area contributed by atoms with Crippen LogP contribution in [0.15, 0.2) is 24.3 Å². The van der Waals surface area contributed by atoms with E-state index in [0.29, 0.717) is 17.3 Å². The van der Waals surface area contributed by atoms with E-state index in [1.165, 1.54) is 0 Å². The van der Waals surface area contributed by atoms with E-state index < -0.39 is 0 Å². The third-order valence-electron chi connectivity index (χ3n) is 2.51. The van der Waals surface area contributed by atoms with Crippen LogP contribution in [0.1, 0.15) is 6.92 Å². The van der Waals surface area contributed by atoms with Crippen molar-refractivity contribution in [1.82, 2.24) is 10.6 Å². The molecule has 0 saturated heterocycles. The van der Waals surface area contributed by atoms with E-state index in [4.69, 9.17) is 11.6 Å². The van der Waals surface area contributed by atoms with Crippen LogP contribution in [0.3, 0.4) is 0 Å². The average Bonchev–Trinajstić information content (AvgIpc) is 2.39. The maximum Gasteiger partial charge on any atom is 0.243 e. The SMILES string of the molecule is CNCC(C)C(=O)NCC(=O)Nc1ccc(Cl)cc1.Cl. The van der Waals surface area contributed by atoms with Crippen LogP contribution in [0, 0.1) is 5.92 Å². The Morgan fingerprint density at radius 2 is 1.85 bits per heavy atom. The molecule has 1 atom stereocenters. The van der Waals surface area contributed by atoms with Crippen molar-refractivity contribution in [2.45, 2.75) is 6.92 Å². The molecule has 1 unspecified atom stereocenters. The molecule has 0 heterocycles. The Morgan fingerprint density at radius 3 is 2.40 bits per heavy atom. The van der Waals surface area contributed by atoms with Crippen LogP contribution >= 0.6 is 24.0 Å². The zero-order chi connectivity index (χ0) is 14.3. The molecule has 0 bridgehead atoms. The third-order valence-corrected chi connectivity index (χ3v) is 2.76. The summed E-state index contributed by atoms with van der Waals surface area (Å²) < 4.78 is 0. The minimum Gasteiger partial charge on any atom is -0.347 e.